The SMILES string of the molecule is OB(O)[C@H]1C[C@@H]1Cc1ccccc1. The van der Waals surface area contributed by atoms with Gasteiger partial charge in [-0.15, -0.1) is 0 Å². The fourth-order valence-electron chi connectivity index (χ4n) is 1.79. The molecule has 1 aromatic rings. The van der Waals surface area contributed by atoms with Crippen molar-refractivity contribution in [1.29, 1.82) is 0 Å². The van der Waals surface area contributed by atoms with Crippen molar-refractivity contribution >= 4 is 7.12 Å². The van der Waals surface area contributed by atoms with Gasteiger partial charge in [0.05, 0.1) is 0 Å². The number of hydrogen-bond acceptors (Lipinski definition) is 2. The molecule has 2 rings (SSSR count). The van der Waals surface area contributed by atoms with E-state index in [-0.39, 0.29) is 5.82 Å². The van der Waals surface area contributed by atoms with Crippen molar-refractivity contribution in [3.63, 3.8) is 0 Å². The summed E-state index contributed by atoms with van der Waals surface area (Å²) >= 11 is 0. The van der Waals surface area contributed by atoms with E-state index in [4.69, 9.17) is 10.0 Å². The second kappa shape index (κ2) is 3.52. The topological polar surface area (TPSA) is 40.5 Å². The van der Waals surface area contributed by atoms with Gasteiger partial charge in [-0.05, 0) is 30.1 Å². The van der Waals surface area contributed by atoms with Crippen LogP contribution in [0, 0.1) is 5.92 Å². The van der Waals surface area contributed by atoms with E-state index in [9.17, 15) is 0 Å². The van der Waals surface area contributed by atoms with Crippen LogP contribution in [0.15, 0.2) is 30.3 Å². The van der Waals surface area contributed by atoms with E-state index in [1.165, 1.54) is 5.56 Å². The minimum Gasteiger partial charge on any atom is -0.427 e. The smallest absolute Gasteiger partial charge is 0.427 e. The van der Waals surface area contributed by atoms with Crippen LogP contribution >= 0.6 is 0 Å². The number of rotatable bonds is 3. The summed E-state index contributed by atoms with van der Waals surface area (Å²) < 4.78 is 0. The standard InChI is InChI=1S/C10H13BO2/c12-11(13)10-7-9(10)6-8-4-2-1-3-5-8/h1-5,9-10,12-13H,6-7H2/t9-,10-/m0/s1. The fraction of sp³-hybridized carbons (Fsp3) is 0.400. The molecule has 2 N–H and O–H groups in total. The zero-order valence-electron chi connectivity index (χ0n) is 7.43. The van der Waals surface area contributed by atoms with Gasteiger partial charge in [-0.25, -0.2) is 0 Å². The molecule has 2 atom stereocenters. The lowest BCUT2D eigenvalue weighted by atomic mass is 9.81. The quantitative estimate of drug-likeness (QED) is 0.676. The van der Waals surface area contributed by atoms with Gasteiger partial charge in [0.15, 0.2) is 0 Å². The molecule has 1 aliphatic rings. The Morgan fingerprint density at radius 2 is 1.92 bits per heavy atom. The fourth-order valence-corrected chi connectivity index (χ4v) is 1.79. The van der Waals surface area contributed by atoms with Crippen LogP contribution < -0.4 is 0 Å². The van der Waals surface area contributed by atoms with Crippen molar-refractivity contribution in [1.82, 2.24) is 0 Å². The number of hydrogen-bond donors (Lipinski definition) is 2. The zero-order valence-corrected chi connectivity index (χ0v) is 7.43. The average molecular weight is 176 g/mol. The number of benzene rings is 1. The maximum atomic E-state index is 8.90. The summed E-state index contributed by atoms with van der Waals surface area (Å²) in [5, 5.41) is 17.8. The molecule has 1 aromatic carbocycles. The molecule has 0 spiro atoms. The molecule has 1 fully saturated rings. The van der Waals surface area contributed by atoms with Crippen LogP contribution in [0.25, 0.3) is 0 Å². The Bertz CT molecular complexity index is 274. The Hall–Kier alpha value is -0.795. The molecule has 68 valence electrons. The van der Waals surface area contributed by atoms with E-state index in [2.05, 4.69) is 12.1 Å². The van der Waals surface area contributed by atoms with E-state index in [1.54, 1.807) is 0 Å². The predicted octanol–water partition coefficient (Wildman–Crippen LogP) is 1.09. The molecule has 0 aromatic heterocycles. The Morgan fingerprint density at radius 3 is 2.46 bits per heavy atom. The van der Waals surface area contributed by atoms with Crippen molar-refractivity contribution in [2.75, 3.05) is 0 Å². The third kappa shape index (κ3) is 2.11. The average Bonchev–Trinajstić information content (AvgIpc) is 2.86. The highest BCUT2D eigenvalue weighted by Gasteiger charge is 2.44. The Kier molecular flexibility index (Phi) is 2.38. The minimum absolute atomic E-state index is 0.111. The van der Waals surface area contributed by atoms with Crippen molar-refractivity contribution in [3.8, 4) is 0 Å². The summed E-state index contributed by atoms with van der Waals surface area (Å²) in [6.45, 7) is 0. The van der Waals surface area contributed by atoms with Gasteiger partial charge in [0.2, 0.25) is 0 Å². The maximum Gasteiger partial charge on any atom is 0.455 e. The molecule has 2 nitrogen and oxygen atoms in total. The highest BCUT2D eigenvalue weighted by atomic mass is 16.4. The molecule has 1 aliphatic carbocycles. The Labute approximate surface area is 78.4 Å². The summed E-state index contributed by atoms with van der Waals surface area (Å²) in [6.07, 6.45) is 1.93. The second-order valence-corrected chi connectivity index (χ2v) is 3.76. The maximum absolute atomic E-state index is 8.90. The molecule has 13 heavy (non-hydrogen) atoms. The van der Waals surface area contributed by atoms with Gasteiger partial charge in [-0.1, -0.05) is 30.3 Å². The molecule has 0 radical (unpaired) electrons. The Morgan fingerprint density at radius 1 is 1.23 bits per heavy atom. The first-order valence-electron chi connectivity index (χ1n) is 4.67. The third-order valence-electron chi connectivity index (χ3n) is 2.70. The van der Waals surface area contributed by atoms with E-state index >= 15 is 0 Å². The van der Waals surface area contributed by atoms with Gasteiger partial charge >= 0.3 is 7.12 Å². The molecule has 0 heterocycles. The van der Waals surface area contributed by atoms with Crippen LogP contribution in [-0.4, -0.2) is 17.2 Å². The van der Waals surface area contributed by atoms with Gasteiger partial charge < -0.3 is 10.0 Å². The minimum atomic E-state index is -1.12. The van der Waals surface area contributed by atoms with Gasteiger partial charge in [0.1, 0.15) is 0 Å². The van der Waals surface area contributed by atoms with Crippen LogP contribution in [0.1, 0.15) is 12.0 Å². The van der Waals surface area contributed by atoms with Gasteiger partial charge in [0.25, 0.3) is 0 Å². The summed E-state index contributed by atoms with van der Waals surface area (Å²) in [5.74, 6) is 0.586. The van der Waals surface area contributed by atoms with E-state index in [0.717, 1.165) is 12.8 Å². The summed E-state index contributed by atoms with van der Waals surface area (Å²) in [4.78, 5) is 0. The van der Waals surface area contributed by atoms with Crippen LogP contribution in [0.2, 0.25) is 5.82 Å². The monoisotopic (exact) mass is 176 g/mol. The Balaban J connectivity index is 1.88. The van der Waals surface area contributed by atoms with E-state index in [1.807, 2.05) is 18.2 Å². The summed E-state index contributed by atoms with van der Waals surface area (Å²) in [5.41, 5.74) is 1.29. The van der Waals surface area contributed by atoms with Gasteiger partial charge in [-0.3, -0.25) is 0 Å². The molecule has 0 bridgehead atoms. The zero-order chi connectivity index (χ0) is 9.26. The van der Waals surface area contributed by atoms with Crippen LogP contribution in [0.4, 0.5) is 0 Å². The van der Waals surface area contributed by atoms with Crippen LogP contribution in [0.5, 0.6) is 0 Å². The molecule has 0 aliphatic heterocycles. The summed E-state index contributed by atoms with van der Waals surface area (Å²) in [7, 11) is -1.12. The first-order chi connectivity index (χ1) is 6.27. The van der Waals surface area contributed by atoms with Crippen molar-refractivity contribution < 1.29 is 10.0 Å². The molecule has 0 amide bonds. The first-order valence-corrected chi connectivity index (χ1v) is 4.67. The van der Waals surface area contributed by atoms with Gasteiger partial charge in [0, 0.05) is 0 Å². The van der Waals surface area contributed by atoms with Crippen molar-refractivity contribution in [3.05, 3.63) is 35.9 Å². The molecule has 3 heteroatoms. The molecular formula is C10H13BO2. The third-order valence-corrected chi connectivity index (χ3v) is 2.70. The van der Waals surface area contributed by atoms with E-state index in [0.29, 0.717) is 5.92 Å². The lowest BCUT2D eigenvalue weighted by molar-refractivity contribution is 0.400. The van der Waals surface area contributed by atoms with Crippen LogP contribution in [0.3, 0.4) is 0 Å². The highest BCUT2D eigenvalue weighted by molar-refractivity contribution is 6.44. The highest BCUT2D eigenvalue weighted by Crippen LogP contribution is 2.47. The lowest BCUT2D eigenvalue weighted by Gasteiger charge is -1.99. The van der Waals surface area contributed by atoms with Crippen molar-refractivity contribution in [2.24, 2.45) is 5.92 Å². The normalized spacial score (nSPS) is 25.7. The van der Waals surface area contributed by atoms with Crippen LogP contribution in [-0.2, 0) is 6.42 Å². The second-order valence-electron chi connectivity index (χ2n) is 3.76. The lowest BCUT2D eigenvalue weighted by Crippen LogP contribution is -2.11. The molecule has 0 saturated heterocycles. The molecular weight excluding hydrogens is 163 g/mol. The largest absolute Gasteiger partial charge is 0.455 e. The predicted molar refractivity (Wildman–Crippen MR) is 52.2 cm³/mol. The first kappa shape index (κ1) is 8.79. The summed E-state index contributed by atoms with van der Waals surface area (Å²) in [6, 6.07) is 10.2. The van der Waals surface area contributed by atoms with E-state index < -0.39 is 7.12 Å². The molecule has 0 unspecified atom stereocenters. The van der Waals surface area contributed by atoms with Crippen molar-refractivity contribution in [2.45, 2.75) is 18.7 Å². The van der Waals surface area contributed by atoms with Gasteiger partial charge in [-0.2, -0.15) is 0 Å². The molecule has 1 saturated carbocycles.